The van der Waals surface area contributed by atoms with Gasteiger partial charge in [-0.2, -0.15) is 0 Å². The highest BCUT2D eigenvalue weighted by molar-refractivity contribution is 6.15. The zero-order valence-corrected chi connectivity index (χ0v) is 18.7. The smallest absolute Gasteiger partial charge is 0.335 e. The molecular formula is C26H20FN3O6. The summed E-state index contributed by atoms with van der Waals surface area (Å²) < 4.78 is 19.4. The molecule has 4 amide bonds. The Balaban J connectivity index is 1.36. The number of imide groups is 1. The highest BCUT2D eigenvalue weighted by Crippen LogP contribution is 2.19. The number of anilines is 1. The number of rotatable bonds is 8. The van der Waals surface area contributed by atoms with Gasteiger partial charge in [-0.1, -0.05) is 36.4 Å². The van der Waals surface area contributed by atoms with Crippen LogP contribution < -0.4 is 15.4 Å². The van der Waals surface area contributed by atoms with Crippen molar-refractivity contribution in [1.29, 1.82) is 0 Å². The molecule has 1 aliphatic rings. The normalized spacial score (nSPS) is 14.0. The molecule has 1 aliphatic heterocycles. The van der Waals surface area contributed by atoms with Gasteiger partial charge >= 0.3 is 12.0 Å². The van der Waals surface area contributed by atoms with Gasteiger partial charge in [0.2, 0.25) is 5.91 Å². The Morgan fingerprint density at radius 1 is 1.03 bits per heavy atom. The van der Waals surface area contributed by atoms with Gasteiger partial charge in [0.15, 0.2) is 0 Å². The van der Waals surface area contributed by atoms with Gasteiger partial charge in [-0.3, -0.25) is 9.59 Å². The topological polar surface area (TPSA) is 125 Å². The van der Waals surface area contributed by atoms with E-state index in [1.54, 1.807) is 42.5 Å². The number of ether oxygens (including phenoxy) is 1. The fraction of sp³-hybridized carbons (Fsp3) is 0.0769. The Morgan fingerprint density at radius 2 is 1.78 bits per heavy atom. The minimum Gasteiger partial charge on any atom is -0.489 e. The van der Waals surface area contributed by atoms with Crippen LogP contribution in [0.5, 0.6) is 5.75 Å². The number of nitrogens with zero attached hydrogens (tertiary/aromatic N) is 1. The maximum atomic E-state index is 13.7. The molecule has 0 saturated carbocycles. The van der Waals surface area contributed by atoms with Crippen molar-refractivity contribution in [1.82, 2.24) is 10.2 Å². The van der Waals surface area contributed by atoms with E-state index in [0.29, 0.717) is 16.9 Å². The number of amides is 4. The standard InChI is InChI=1S/C26H20FN3O6/c27-20-6-1-2-7-21(20)28-23(31)14-30-24(32)22(29-26(30)35)13-16-8-10-19(11-9-16)36-15-17-4-3-5-18(12-17)25(33)34/h1-13H,14-15H2,(H,28,31)(H,29,35)(H,33,34)/b22-13+. The molecule has 0 radical (unpaired) electrons. The Morgan fingerprint density at radius 3 is 2.50 bits per heavy atom. The van der Waals surface area contributed by atoms with Crippen molar-refractivity contribution in [2.75, 3.05) is 11.9 Å². The number of carboxylic acid groups (broad SMARTS) is 1. The summed E-state index contributed by atoms with van der Waals surface area (Å²) in [4.78, 5) is 48.9. The van der Waals surface area contributed by atoms with Gasteiger partial charge in [-0.15, -0.1) is 0 Å². The Labute approximate surface area is 204 Å². The third-order valence-corrected chi connectivity index (χ3v) is 5.18. The first-order chi connectivity index (χ1) is 17.3. The van der Waals surface area contributed by atoms with Crippen LogP contribution in [0.2, 0.25) is 0 Å². The summed E-state index contributed by atoms with van der Waals surface area (Å²) in [7, 11) is 0. The van der Waals surface area contributed by atoms with Crippen molar-refractivity contribution in [3.8, 4) is 5.75 Å². The number of aromatic carboxylic acids is 1. The Hall–Kier alpha value is -4.99. The molecule has 3 aromatic rings. The molecule has 4 rings (SSSR count). The van der Waals surface area contributed by atoms with E-state index in [-0.39, 0.29) is 23.6 Å². The molecule has 1 fully saturated rings. The molecule has 0 aromatic heterocycles. The van der Waals surface area contributed by atoms with E-state index >= 15 is 0 Å². The van der Waals surface area contributed by atoms with Crippen molar-refractivity contribution in [2.24, 2.45) is 0 Å². The molecule has 0 atom stereocenters. The third kappa shape index (κ3) is 5.73. The number of hydrogen-bond donors (Lipinski definition) is 3. The van der Waals surface area contributed by atoms with Crippen LogP contribution in [-0.2, 0) is 16.2 Å². The molecule has 0 bridgehead atoms. The molecule has 3 aromatic carbocycles. The monoisotopic (exact) mass is 489 g/mol. The molecule has 1 saturated heterocycles. The summed E-state index contributed by atoms with van der Waals surface area (Å²) >= 11 is 0. The molecule has 1 heterocycles. The van der Waals surface area contributed by atoms with E-state index in [2.05, 4.69) is 10.6 Å². The van der Waals surface area contributed by atoms with Gasteiger partial charge in [0, 0.05) is 0 Å². The second-order valence-electron chi connectivity index (χ2n) is 7.77. The minimum atomic E-state index is -1.02. The molecule has 0 unspecified atom stereocenters. The van der Waals surface area contributed by atoms with Crippen LogP contribution in [-0.4, -0.2) is 40.4 Å². The van der Waals surface area contributed by atoms with Crippen LogP contribution in [0, 0.1) is 5.82 Å². The van der Waals surface area contributed by atoms with Crippen molar-refractivity contribution in [3.05, 3.63) is 101 Å². The number of nitrogens with one attached hydrogen (secondary N) is 2. The van der Waals surface area contributed by atoms with Crippen molar-refractivity contribution < 1.29 is 33.4 Å². The number of hydrogen-bond acceptors (Lipinski definition) is 5. The minimum absolute atomic E-state index is 0.0159. The SMILES string of the molecule is O=C(CN1C(=O)N/C(=C/c2ccc(OCc3cccc(C(=O)O)c3)cc2)C1=O)Nc1ccccc1F. The van der Waals surface area contributed by atoms with E-state index < -0.39 is 36.2 Å². The summed E-state index contributed by atoms with van der Waals surface area (Å²) in [5, 5.41) is 13.8. The van der Waals surface area contributed by atoms with E-state index in [0.717, 1.165) is 4.90 Å². The van der Waals surface area contributed by atoms with Gasteiger partial charge in [0.05, 0.1) is 11.3 Å². The fourth-order valence-corrected chi connectivity index (χ4v) is 3.40. The number of halogens is 1. The zero-order chi connectivity index (χ0) is 25.7. The van der Waals surface area contributed by atoms with Gasteiger partial charge in [-0.25, -0.2) is 18.9 Å². The summed E-state index contributed by atoms with van der Waals surface area (Å²) in [6, 6.07) is 17.9. The molecule has 0 spiro atoms. The van der Waals surface area contributed by atoms with Crippen LogP contribution in [0.3, 0.4) is 0 Å². The Kier molecular flexibility index (Phi) is 7.05. The third-order valence-electron chi connectivity index (χ3n) is 5.18. The van der Waals surface area contributed by atoms with Crippen molar-refractivity contribution >= 4 is 35.6 Å². The highest BCUT2D eigenvalue weighted by atomic mass is 19.1. The summed E-state index contributed by atoms with van der Waals surface area (Å²) in [5.74, 6) is -2.55. The average molecular weight is 489 g/mol. The van der Waals surface area contributed by atoms with E-state index in [1.807, 2.05) is 0 Å². The van der Waals surface area contributed by atoms with Crippen molar-refractivity contribution in [2.45, 2.75) is 6.61 Å². The van der Waals surface area contributed by atoms with Gasteiger partial charge in [0.1, 0.15) is 30.4 Å². The van der Waals surface area contributed by atoms with E-state index in [1.165, 1.54) is 36.4 Å². The van der Waals surface area contributed by atoms with E-state index in [9.17, 15) is 23.6 Å². The predicted molar refractivity (Wildman–Crippen MR) is 127 cm³/mol. The second-order valence-corrected chi connectivity index (χ2v) is 7.77. The largest absolute Gasteiger partial charge is 0.489 e. The quantitative estimate of drug-likeness (QED) is 0.328. The molecule has 36 heavy (non-hydrogen) atoms. The lowest BCUT2D eigenvalue weighted by Gasteiger charge is -2.12. The first-order valence-electron chi connectivity index (χ1n) is 10.7. The number of para-hydroxylation sites is 1. The average Bonchev–Trinajstić information content (AvgIpc) is 3.12. The van der Waals surface area contributed by atoms with Crippen LogP contribution in [0.4, 0.5) is 14.9 Å². The first-order valence-corrected chi connectivity index (χ1v) is 10.7. The fourth-order valence-electron chi connectivity index (χ4n) is 3.40. The molecule has 3 N–H and O–H groups in total. The summed E-state index contributed by atoms with van der Waals surface area (Å²) in [6.45, 7) is -0.411. The Bertz CT molecular complexity index is 1370. The van der Waals surface area contributed by atoms with Crippen LogP contribution >= 0.6 is 0 Å². The van der Waals surface area contributed by atoms with Crippen LogP contribution in [0.1, 0.15) is 21.5 Å². The van der Waals surface area contributed by atoms with Crippen LogP contribution in [0.15, 0.2) is 78.5 Å². The van der Waals surface area contributed by atoms with Gasteiger partial charge < -0.3 is 20.5 Å². The molecule has 10 heteroatoms. The second kappa shape index (κ2) is 10.5. The lowest BCUT2D eigenvalue weighted by Crippen LogP contribution is -2.38. The molecule has 0 aliphatic carbocycles. The van der Waals surface area contributed by atoms with E-state index in [4.69, 9.17) is 9.84 Å². The highest BCUT2D eigenvalue weighted by Gasteiger charge is 2.35. The zero-order valence-electron chi connectivity index (χ0n) is 18.7. The number of carboxylic acids is 1. The molecule has 9 nitrogen and oxygen atoms in total. The number of carbonyl (C=O) groups is 4. The molecule has 182 valence electrons. The first kappa shape index (κ1) is 24.1. The van der Waals surface area contributed by atoms with Crippen LogP contribution in [0.25, 0.3) is 6.08 Å². The number of benzene rings is 3. The summed E-state index contributed by atoms with van der Waals surface area (Å²) in [5.41, 5.74) is 1.39. The van der Waals surface area contributed by atoms with Gasteiger partial charge in [0.25, 0.3) is 5.91 Å². The van der Waals surface area contributed by atoms with Crippen molar-refractivity contribution in [3.63, 3.8) is 0 Å². The maximum absolute atomic E-state index is 13.7. The lowest BCUT2D eigenvalue weighted by molar-refractivity contribution is -0.127. The molecular weight excluding hydrogens is 469 g/mol. The van der Waals surface area contributed by atoms with Gasteiger partial charge in [-0.05, 0) is 53.6 Å². The lowest BCUT2D eigenvalue weighted by atomic mass is 10.1. The number of urea groups is 1. The predicted octanol–water partition coefficient (Wildman–Crippen LogP) is 3.63. The summed E-state index contributed by atoms with van der Waals surface area (Å²) in [6.07, 6.45) is 1.45. The number of carbonyl (C=O) groups excluding carboxylic acids is 3. The maximum Gasteiger partial charge on any atom is 0.335 e.